The molecular weight excluding hydrogens is 350 g/mol. The fraction of sp³-hybridized carbons (Fsp3) is 0.438. The third-order valence-corrected chi connectivity index (χ3v) is 7.12. The highest BCUT2D eigenvalue weighted by molar-refractivity contribution is 8.00. The van der Waals surface area contributed by atoms with E-state index in [9.17, 15) is 13.0 Å². The second-order valence-electron chi connectivity index (χ2n) is 5.48. The van der Waals surface area contributed by atoms with Gasteiger partial charge in [0.2, 0.25) is 0 Å². The van der Waals surface area contributed by atoms with E-state index in [0.29, 0.717) is 0 Å². The van der Waals surface area contributed by atoms with E-state index in [4.69, 9.17) is 0 Å². The maximum Gasteiger partial charge on any atom is 0.297 e. The smallest absolute Gasteiger partial charge is 0.297 e. The highest BCUT2D eigenvalue weighted by Gasteiger charge is 2.24. The van der Waals surface area contributed by atoms with Gasteiger partial charge in [-0.15, -0.1) is 0 Å². The van der Waals surface area contributed by atoms with Crippen LogP contribution in [0.15, 0.2) is 33.5 Å². The Morgan fingerprint density at radius 1 is 1.17 bits per heavy atom. The fourth-order valence-electron chi connectivity index (χ4n) is 2.49. The van der Waals surface area contributed by atoms with E-state index >= 15 is 0 Å². The van der Waals surface area contributed by atoms with Gasteiger partial charge in [-0.25, -0.2) is 8.42 Å². The summed E-state index contributed by atoms with van der Waals surface area (Å²) in [5.74, 6) is 0. The van der Waals surface area contributed by atoms with Crippen LogP contribution in [0.3, 0.4) is 0 Å². The summed E-state index contributed by atoms with van der Waals surface area (Å²) in [5.41, 5.74) is 2.52. The van der Waals surface area contributed by atoms with Crippen molar-refractivity contribution in [3.05, 3.63) is 40.4 Å². The van der Waals surface area contributed by atoms with E-state index in [1.54, 1.807) is 22.7 Å². The first-order valence-corrected chi connectivity index (χ1v) is 10.8. The minimum Gasteiger partial charge on any atom is -0.744 e. The Hall–Kier alpha value is -0.890. The zero-order chi connectivity index (χ0) is 17.0. The first kappa shape index (κ1) is 18.4. The number of aryl methyl sites for hydroxylation is 2. The van der Waals surface area contributed by atoms with Crippen LogP contribution in [0.1, 0.15) is 29.0 Å². The van der Waals surface area contributed by atoms with Gasteiger partial charge in [-0.1, -0.05) is 29.0 Å². The molecule has 1 aromatic carbocycles. The summed E-state index contributed by atoms with van der Waals surface area (Å²) in [6.07, 6.45) is 7.54. The van der Waals surface area contributed by atoms with Gasteiger partial charge in [-0.2, -0.15) is 4.57 Å². The van der Waals surface area contributed by atoms with E-state index < -0.39 is 10.1 Å². The van der Waals surface area contributed by atoms with Gasteiger partial charge in [-0.05, 0) is 56.3 Å². The van der Waals surface area contributed by atoms with Crippen LogP contribution in [0.2, 0.25) is 0 Å². The topological polar surface area (TPSA) is 61.1 Å². The molecule has 0 bridgehead atoms. The number of hydrogen-bond donors (Lipinski definition) is 0. The highest BCUT2D eigenvalue weighted by atomic mass is 32.2. The normalized spacial score (nSPS) is 13.9. The van der Waals surface area contributed by atoms with Crippen molar-refractivity contribution in [2.75, 3.05) is 6.26 Å². The molecule has 1 aliphatic carbocycles. The monoisotopic (exact) mass is 371 g/mol. The van der Waals surface area contributed by atoms with Crippen LogP contribution < -0.4 is 4.57 Å². The number of fused-ring (bicyclic) bond motifs is 1. The van der Waals surface area contributed by atoms with E-state index in [0.717, 1.165) is 5.56 Å². The molecule has 0 amide bonds. The summed E-state index contributed by atoms with van der Waals surface area (Å²) in [4.78, 5) is 1.45. The minimum absolute atomic E-state index is 0.178. The largest absolute Gasteiger partial charge is 0.744 e. The van der Waals surface area contributed by atoms with Crippen molar-refractivity contribution >= 4 is 33.2 Å². The number of thiazole rings is 1. The van der Waals surface area contributed by atoms with Crippen LogP contribution in [0, 0.1) is 6.92 Å². The molecule has 3 rings (SSSR count). The molecule has 0 spiro atoms. The van der Waals surface area contributed by atoms with Crippen molar-refractivity contribution in [3.63, 3.8) is 0 Å². The molecule has 7 heteroatoms. The molecular formula is C16H21NO3S3. The molecule has 23 heavy (non-hydrogen) atoms. The van der Waals surface area contributed by atoms with Gasteiger partial charge in [0.1, 0.15) is 17.2 Å². The molecule has 1 aliphatic rings. The van der Waals surface area contributed by atoms with Crippen molar-refractivity contribution in [1.82, 2.24) is 0 Å². The van der Waals surface area contributed by atoms with Crippen LogP contribution in [0.25, 0.3) is 0 Å². The lowest BCUT2D eigenvalue weighted by molar-refractivity contribution is -0.709. The Labute approximate surface area is 146 Å². The Kier molecular flexibility index (Phi) is 6.25. The van der Waals surface area contributed by atoms with Crippen LogP contribution in [0.4, 0.5) is 0 Å². The van der Waals surface area contributed by atoms with Crippen LogP contribution in [-0.4, -0.2) is 19.2 Å². The van der Waals surface area contributed by atoms with Crippen LogP contribution in [-0.2, 0) is 30.0 Å². The van der Waals surface area contributed by atoms with Crippen molar-refractivity contribution in [3.8, 4) is 0 Å². The molecule has 0 atom stereocenters. The third kappa shape index (κ3) is 4.79. The summed E-state index contributed by atoms with van der Waals surface area (Å²) in [6, 6.07) is 5.78. The number of thioether (sulfide) groups is 1. The number of nitrogens with zero attached hydrogens (tertiary/aromatic N) is 1. The number of aromatic nitrogens is 1. The molecule has 126 valence electrons. The number of hydrogen-bond acceptors (Lipinski definition) is 5. The molecule has 1 aromatic heterocycles. The average Bonchev–Trinajstić information content (AvgIpc) is 2.84. The summed E-state index contributed by atoms with van der Waals surface area (Å²) < 4.78 is 35.0. The zero-order valence-electron chi connectivity index (χ0n) is 13.5. The first-order chi connectivity index (χ1) is 10.8. The minimum atomic E-state index is -4.27. The summed E-state index contributed by atoms with van der Waals surface area (Å²) in [6.45, 7) is 1.82. The SMILES string of the molecule is CSc1sc2c([n+]1C)CCCC2.Cc1ccc(S(=O)(=O)[O-])cc1. The van der Waals surface area contributed by atoms with E-state index in [1.165, 1.54) is 42.2 Å². The van der Waals surface area contributed by atoms with Crippen molar-refractivity contribution < 1.29 is 17.5 Å². The Morgan fingerprint density at radius 2 is 1.78 bits per heavy atom. The summed E-state index contributed by atoms with van der Waals surface area (Å²) in [7, 11) is -2.07. The van der Waals surface area contributed by atoms with Crippen LogP contribution in [0.5, 0.6) is 0 Å². The first-order valence-electron chi connectivity index (χ1n) is 7.40. The van der Waals surface area contributed by atoms with Gasteiger partial charge in [0.25, 0.3) is 4.34 Å². The summed E-state index contributed by atoms with van der Waals surface area (Å²) >= 11 is 3.86. The highest BCUT2D eigenvalue weighted by Crippen LogP contribution is 2.28. The predicted molar refractivity (Wildman–Crippen MR) is 93.1 cm³/mol. The van der Waals surface area contributed by atoms with Gasteiger partial charge >= 0.3 is 0 Å². The summed E-state index contributed by atoms with van der Waals surface area (Å²) in [5, 5.41) is 0. The lowest BCUT2D eigenvalue weighted by atomic mass is 10.0. The standard InChI is InChI=1S/C9H14NS2.C7H8O3S/c1-10-7-5-3-4-6-8(7)12-9(10)11-2;1-6-2-4-7(5-3-6)11(8,9)10/h3-6H2,1-2H3;2-5H,1H3,(H,8,9,10)/q+1;/p-1. The zero-order valence-corrected chi connectivity index (χ0v) is 16.0. The Balaban J connectivity index is 0.000000168. The van der Waals surface area contributed by atoms with Crippen molar-refractivity contribution in [1.29, 1.82) is 0 Å². The van der Waals surface area contributed by atoms with Crippen LogP contribution >= 0.6 is 23.1 Å². The van der Waals surface area contributed by atoms with Gasteiger partial charge in [-0.3, -0.25) is 0 Å². The molecule has 2 aromatic rings. The molecule has 0 saturated heterocycles. The van der Waals surface area contributed by atoms with E-state index in [-0.39, 0.29) is 4.90 Å². The van der Waals surface area contributed by atoms with Crippen molar-refractivity contribution in [2.45, 2.75) is 41.8 Å². The third-order valence-electron chi connectivity index (χ3n) is 3.76. The maximum atomic E-state index is 10.4. The molecule has 0 unspecified atom stereocenters. The lowest BCUT2D eigenvalue weighted by Gasteiger charge is -2.05. The van der Waals surface area contributed by atoms with E-state index in [2.05, 4.69) is 17.9 Å². The fourth-order valence-corrected chi connectivity index (χ4v) is 5.04. The Bertz CT molecular complexity index is 765. The van der Waals surface area contributed by atoms with Gasteiger partial charge < -0.3 is 4.55 Å². The molecule has 4 nitrogen and oxygen atoms in total. The molecule has 0 radical (unpaired) electrons. The second kappa shape index (κ2) is 7.79. The maximum absolute atomic E-state index is 10.4. The Morgan fingerprint density at radius 3 is 2.30 bits per heavy atom. The molecule has 0 fully saturated rings. The lowest BCUT2D eigenvalue weighted by Crippen LogP contribution is -2.34. The molecule has 0 N–H and O–H groups in total. The van der Waals surface area contributed by atoms with Gasteiger partial charge in [0.15, 0.2) is 5.69 Å². The second-order valence-corrected chi connectivity index (χ2v) is 8.99. The van der Waals surface area contributed by atoms with E-state index in [1.807, 2.05) is 30.0 Å². The van der Waals surface area contributed by atoms with Gasteiger partial charge in [0.05, 0.1) is 9.77 Å². The molecule has 1 heterocycles. The molecule has 0 aliphatic heterocycles. The number of benzene rings is 1. The quantitative estimate of drug-likeness (QED) is 0.462. The predicted octanol–water partition coefficient (Wildman–Crippen LogP) is 3.07. The van der Waals surface area contributed by atoms with Gasteiger partial charge in [0, 0.05) is 6.42 Å². The molecule has 0 saturated carbocycles. The average molecular weight is 372 g/mol. The number of rotatable bonds is 2. The van der Waals surface area contributed by atoms with Crippen molar-refractivity contribution in [2.24, 2.45) is 7.05 Å².